The molecule has 0 unspecified atom stereocenters. The Hall–Kier alpha value is -0.180. The SMILES string of the molecule is CC.CN1SCCCCC1=O. The normalized spacial score (nSPS) is 18.5. The quantitative estimate of drug-likeness (QED) is 0.526. The lowest BCUT2D eigenvalue weighted by atomic mass is 10.2. The average molecular weight is 175 g/mol. The van der Waals surface area contributed by atoms with Gasteiger partial charge in [-0.2, -0.15) is 0 Å². The van der Waals surface area contributed by atoms with Gasteiger partial charge in [0.05, 0.1) is 0 Å². The molecule has 0 spiro atoms. The summed E-state index contributed by atoms with van der Waals surface area (Å²) in [4.78, 5) is 10.9. The molecule has 0 aromatic carbocycles. The van der Waals surface area contributed by atoms with Crippen LogP contribution < -0.4 is 0 Å². The highest BCUT2D eigenvalue weighted by Crippen LogP contribution is 2.17. The molecular formula is C8H17NOS. The van der Waals surface area contributed by atoms with Crippen molar-refractivity contribution in [2.75, 3.05) is 12.8 Å². The van der Waals surface area contributed by atoms with Crippen molar-refractivity contribution in [3.8, 4) is 0 Å². The number of hydrogen-bond donors (Lipinski definition) is 0. The average Bonchev–Trinajstić information content (AvgIpc) is 2.22. The fourth-order valence-electron chi connectivity index (χ4n) is 0.809. The van der Waals surface area contributed by atoms with Crippen LogP contribution in [0.1, 0.15) is 33.1 Å². The number of amides is 1. The Morgan fingerprint density at radius 3 is 2.64 bits per heavy atom. The number of hydrogen-bond acceptors (Lipinski definition) is 2. The van der Waals surface area contributed by atoms with Crippen LogP contribution in [0.25, 0.3) is 0 Å². The molecule has 0 bridgehead atoms. The Bertz CT molecular complexity index is 117. The first-order chi connectivity index (χ1) is 5.30. The number of rotatable bonds is 0. The second-order valence-electron chi connectivity index (χ2n) is 2.18. The third-order valence-corrected chi connectivity index (χ3v) is 2.48. The predicted molar refractivity (Wildman–Crippen MR) is 50.4 cm³/mol. The van der Waals surface area contributed by atoms with Gasteiger partial charge >= 0.3 is 0 Å². The zero-order valence-electron chi connectivity index (χ0n) is 7.59. The van der Waals surface area contributed by atoms with E-state index in [1.54, 1.807) is 16.3 Å². The van der Waals surface area contributed by atoms with E-state index in [4.69, 9.17) is 0 Å². The topological polar surface area (TPSA) is 20.3 Å². The van der Waals surface area contributed by atoms with E-state index in [0.29, 0.717) is 0 Å². The molecule has 1 rings (SSSR count). The van der Waals surface area contributed by atoms with Crippen LogP contribution in [0.2, 0.25) is 0 Å². The minimum atomic E-state index is 0.275. The third-order valence-electron chi connectivity index (χ3n) is 1.42. The highest BCUT2D eigenvalue weighted by Gasteiger charge is 2.11. The summed E-state index contributed by atoms with van der Waals surface area (Å²) in [5, 5.41) is 0. The lowest BCUT2D eigenvalue weighted by Crippen LogP contribution is -2.16. The van der Waals surface area contributed by atoms with Gasteiger partial charge in [-0.15, -0.1) is 0 Å². The molecule has 0 atom stereocenters. The molecule has 0 aromatic heterocycles. The van der Waals surface area contributed by atoms with Crippen LogP contribution in [-0.2, 0) is 4.79 Å². The van der Waals surface area contributed by atoms with Gasteiger partial charge in [0.15, 0.2) is 0 Å². The fourth-order valence-corrected chi connectivity index (χ4v) is 1.65. The molecule has 0 aromatic rings. The van der Waals surface area contributed by atoms with Crippen LogP contribution in [0.5, 0.6) is 0 Å². The molecule has 66 valence electrons. The molecule has 1 heterocycles. The first kappa shape index (κ1) is 10.8. The van der Waals surface area contributed by atoms with Crippen molar-refractivity contribution in [1.82, 2.24) is 4.31 Å². The van der Waals surface area contributed by atoms with E-state index in [1.807, 2.05) is 20.9 Å². The van der Waals surface area contributed by atoms with Gasteiger partial charge in [0.2, 0.25) is 5.91 Å². The van der Waals surface area contributed by atoms with Gasteiger partial charge in [-0.05, 0) is 24.8 Å². The highest BCUT2D eigenvalue weighted by molar-refractivity contribution is 7.97. The van der Waals surface area contributed by atoms with E-state index in [-0.39, 0.29) is 5.91 Å². The Labute approximate surface area is 73.5 Å². The highest BCUT2D eigenvalue weighted by atomic mass is 32.2. The number of carbonyl (C=O) groups excluding carboxylic acids is 1. The smallest absolute Gasteiger partial charge is 0.232 e. The van der Waals surface area contributed by atoms with Crippen LogP contribution in [0.4, 0.5) is 0 Å². The summed E-state index contributed by atoms with van der Waals surface area (Å²) in [7, 11) is 1.85. The first-order valence-corrected chi connectivity index (χ1v) is 5.14. The molecule has 1 aliphatic rings. The zero-order chi connectivity index (χ0) is 8.69. The molecular weight excluding hydrogens is 158 g/mol. The van der Waals surface area contributed by atoms with E-state index in [1.165, 1.54) is 6.42 Å². The molecule has 1 aliphatic heterocycles. The van der Waals surface area contributed by atoms with Gasteiger partial charge in [-0.1, -0.05) is 13.8 Å². The van der Waals surface area contributed by atoms with E-state index in [2.05, 4.69) is 0 Å². The summed E-state index contributed by atoms with van der Waals surface area (Å²) in [5.74, 6) is 1.37. The summed E-state index contributed by atoms with van der Waals surface area (Å²) >= 11 is 1.63. The first-order valence-electron chi connectivity index (χ1n) is 4.20. The molecule has 0 saturated carbocycles. The molecule has 0 radical (unpaired) electrons. The maximum atomic E-state index is 10.9. The minimum absolute atomic E-state index is 0.275. The van der Waals surface area contributed by atoms with Crippen LogP contribution in [0, 0.1) is 0 Å². The summed E-state index contributed by atoms with van der Waals surface area (Å²) in [5.41, 5.74) is 0. The van der Waals surface area contributed by atoms with E-state index in [0.717, 1.165) is 18.6 Å². The van der Waals surface area contributed by atoms with E-state index in [9.17, 15) is 4.79 Å². The Morgan fingerprint density at radius 2 is 2.00 bits per heavy atom. The van der Waals surface area contributed by atoms with E-state index < -0.39 is 0 Å². The molecule has 11 heavy (non-hydrogen) atoms. The molecule has 2 nitrogen and oxygen atoms in total. The van der Waals surface area contributed by atoms with Crippen LogP contribution >= 0.6 is 11.9 Å². The largest absolute Gasteiger partial charge is 0.290 e. The van der Waals surface area contributed by atoms with Gasteiger partial charge in [-0.3, -0.25) is 9.10 Å². The van der Waals surface area contributed by atoms with Gasteiger partial charge in [0.25, 0.3) is 0 Å². The van der Waals surface area contributed by atoms with Crippen molar-refractivity contribution in [2.24, 2.45) is 0 Å². The summed E-state index contributed by atoms with van der Waals surface area (Å²) < 4.78 is 1.74. The predicted octanol–water partition coefficient (Wildman–Crippen LogP) is 2.30. The minimum Gasteiger partial charge on any atom is -0.290 e. The van der Waals surface area contributed by atoms with E-state index >= 15 is 0 Å². The second-order valence-corrected chi connectivity index (χ2v) is 3.40. The maximum Gasteiger partial charge on any atom is 0.232 e. The van der Waals surface area contributed by atoms with Crippen molar-refractivity contribution < 1.29 is 4.79 Å². The maximum absolute atomic E-state index is 10.9. The van der Waals surface area contributed by atoms with Gasteiger partial charge in [0.1, 0.15) is 0 Å². The molecule has 1 amide bonds. The molecule has 1 fully saturated rings. The number of nitrogens with zero attached hydrogens (tertiary/aromatic N) is 1. The fraction of sp³-hybridized carbons (Fsp3) is 0.875. The molecule has 0 aliphatic carbocycles. The summed E-state index contributed by atoms with van der Waals surface area (Å²) in [6, 6.07) is 0. The molecule has 0 N–H and O–H groups in total. The second kappa shape index (κ2) is 6.53. The lowest BCUT2D eigenvalue weighted by molar-refractivity contribution is -0.125. The van der Waals surface area contributed by atoms with Gasteiger partial charge < -0.3 is 0 Å². The Kier molecular flexibility index (Phi) is 6.42. The summed E-state index contributed by atoms with van der Waals surface area (Å²) in [6.07, 6.45) is 2.99. The van der Waals surface area contributed by atoms with Gasteiger partial charge in [-0.25, -0.2) is 0 Å². The molecule has 3 heteroatoms. The van der Waals surface area contributed by atoms with Crippen molar-refractivity contribution in [3.63, 3.8) is 0 Å². The Morgan fingerprint density at radius 1 is 1.36 bits per heavy atom. The van der Waals surface area contributed by atoms with Crippen LogP contribution in [-0.4, -0.2) is 23.0 Å². The monoisotopic (exact) mass is 175 g/mol. The van der Waals surface area contributed by atoms with Crippen LogP contribution in [0.15, 0.2) is 0 Å². The van der Waals surface area contributed by atoms with Crippen LogP contribution in [0.3, 0.4) is 0 Å². The Balaban J connectivity index is 0.000000461. The standard InChI is InChI=1S/C6H11NOS.C2H6/c1-7-6(8)4-2-3-5-9-7;1-2/h2-5H2,1H3;1-2H3. The van der Waals surface area contributed by atoms with Gasteiger partial charge in [0, 0.05) is 19.2 Å². The van der Waals surface area contributed by atoms with Crippen molar-refractivity contribution >= 4 is 17.9 Å². The summed E-state index contributed by atoms with van der Waals surface area (Å²) in [6.45, 7) is 4.00. The van der Waals surface area contributed by atoms with Crippen molar-refractivity contribution in [2.45, 2.75) is 33.1 Å². The number of carbonyl (C=O) groups is 1. The zero-order valence-corrected chi connectivity index (χ0v) is 8.41. The van der Waals surface area contributed by atoms with Crippen molar-refractivity contribution in [3.05, 3.63) is 0 Å². The third kappa shape index (κ3) is 4.30. The van der Waals surface area contributed by atoms with Crippen molar-refractivity contribution in [1.29, 1.82) is 0 Å². The molecule has 1 saturated heterocycles. The lowest BCUT2D eigenvalue weighted by Gasteiger charge is -2.10.